The maximum Gasteiger partial charge on any atom is 0.294 e. The molecule has 1 aromatic heterocycles. The standard InChI is InChI=1S/C16H16FNO5S/c1-10-8-18(13-5-3-4-12(17)15(13)22-10)16(19)14-7-6-11(23-14)9-24(2,20)21/h3-7,10H,8-9H2,1-2H3. The highest BCUT2D eigenvalue weighted by Crippen LogP contribution is 2.36. The fourth-order valence-electron chi connectivity index (χ4n) is 2.57. The summed E-state index contributed by atoms with van der Waals surface area (Å²) in [5, 5.41) is 0. The van der Waals surface area contributed by atoms with Crippen LogP contribution in [0.4, 0.5) is 10.1 Å². The summed E-state index contributed by atoms with van der Waals surface area (Å²) in [6.45, 7) is 1.96. The lowest BCUT2D eigenvalue weighted by atomic mass is 10.2. The summed E-state index contributed by atoms with van der Waals surface area (Å²) in [5.41, 5.74) is 0.319. The van der Waals surface area contributed by atoms with Gasteiger partial charge in [-0.1, -0.05) is 6.07 Å². The van der Waals surface area contributed by atoms with Gasteiger partial charge in [-0.05, 0) is 31.2 Å². The zero-order chi connectivity index (χ0) is 17.5. The van der Waals surface area contributed by atoms with Crippen molar-refractivity contribution in [2.45, 2.75) is 18.8 Å². The van der Waals surface area contributed by atoms with Crippen molar-refractivity contribution in [1.82, 2.24) is 0 Å². The van der Waals surface area contributed by atoms with Gasteiger partial charge in [0.1, 0.15) is 17.6 Å². The molecule has 1 aliphatic rings. The average Bonchev–Trinajstić information content (AvgIpc) is 2.93. The topological polar surface area (TPSA) is 76.8 Å². The van der Waals surface area contributed by atoms with E-state index in [1.807, 2.05) is 0 Å². The first-order chi connectivity index (χ1) is 11.2. The minimum atomic E-state index is -3.27. The zero-order valence-electron chi connectivity index (χ0n) is 13.2. The molecule has 2 aromatic rings. The molecule has 1 atom stereocenters. The highest BCUT2D eigenvalue weighted by Gasteiger charge is 2.31. The molecule has 0 spiro atoms. The number of nitrogens with zero attached hydrogens (tertiary/aromatic N) is 1. The third-order valence-electron chi connectivity index (χ3n) is 3.52. The van der Waals surface area contributed by atoms with Gasteiger partial charge in [0, 0.05) is 6.26 Å². The number of amides is 1. The number of carbonyl (C=O) groups is 1. The fraction of sp³-hybridized carbons (Fsp3) is 0.312. The number of halogens is 1. The molecule has 1 unspecified atom stereocenters. The van der Waals surface area contributed by atoms with Crippen LogP contribution in [0.25, 0.3) is 0 Å². The molecule has 2 heterocycles. The fourth-order valence-corrected chi connectivity index (χ4v) is 3.25. The Hall–Kier alpha value is -2.35. The van der Waals surface area contributed by atoms with E-state index in [9.17, 15) is 17.6 Å². The molecule has 0 aliphatic carbocycles. The number of rotatable bonds is 3. The molecule has 1 amide bonds. The second-order valence-electron chi connectivity index (χ2n) is 5.77. The van der Waals surface area contributed by atoms with E-state index in [0.717, 1.165) is 6.26 Å². The van der Waals surface area contributed by atoms with Gasteiger partial charge in [-0.15, -0.1) is 0 Å². The van der Waals surface area contributed by atoms with E-state index in [1.165, 1.54) is 29.2 Å². The number of fused-ring (bicyclic) bond motifs is 1. The summed E-state index contributed by atoms with van der Waals surface area (Å²) in [6, 6.07) is 7.21. The Bertz CT molecular complexity index is 890. The molecular formula is C16H16FNO5S. The number of benzene rings is 1. The van der Waals surface area contributed by atoms with E-state index < -0.39 is 21.6 Å². The van der Waals surface area contributed by atoms with Crippen molar-refractivity contribution in [3.05, 3.63) is 47.7 Å². The number of hydrogen-bond acceptors (Lipinski definition) is 5. The summed E-state index contributed by atoms with van der Waals surface area (Å²) >= 11 is 0. The molecule has 0 bridgehead atoms. The van der Waals surface area contributed by atoms with Gasteiger partial charge in [0.25, 0.3) is 5.91 Å². The summed E-state index contributed by atoms with van der Waals surface area (Å²) in [4.78, 5) is 14.1. The van der Waals surface area contributed by atoms with Gasteiger partial charge in [0.2, 0.25) is 0 Å². The molecular weight excluding hydrogens is 337 g/mol. The number of carbonyl (C=O) groups excluding carboxylic acids is 1. The number of sulfone groups is 1. The Balaban J connectivity index is 1.92. The van der Waals surface area contributed by atoms with Gasteiger partial charge in [0.15, 0.2) is 27.2 Å². The second kappa shape index (κ2) is 5.94. The number of para-hydroxylation sites is 1. The minimum Gasteiger partial charge on any atom is -0.484 e. The Morgan fingerprint density at radius 2 is 2.08 bits per heavy atom. The predicted molar refractivity (Wildman–Crippen MR) is 85.4 cm³/mol. The molecule has 3 rings (SSSR count). The van der Waals surface area contributed by atoms with Gasteiger partial charge >= 0.3 is 0 Å². The lowest BCUT2D eigenvalue weighted by molar-refractivity contribution is 0.0931. The van der Waals surface area contributed by atoms with Crippen molar-refractivity contribution in [2.75, 3.05) is 17.7 Å². The van der Waals surface area contributed by atoms with Crippen molar-refractivity contribution in [3.63, 3.8) is 0 Å². The average molecular weight is 353 g/mol. The van der Waals surface area contributed by atoms with Gasteiger partial charge in [-0.25, -0.2) is 12.8 Å². The molecule has 0 radical (unpaired) electrons. The van der Waals surface area contributed by atoms with Crippen molar-refractivity contribution in [2.24, 2.45) is 0 Å². The molecule has 0 fully saturated rings. The summed E-state index contributed by atoms with van der Waals surface area (Å²) in [7, 11) is -3.27. The molecule has 24 heavy (non-hydrogen) atoms. The highest BCUT2D eigenvalue weighted by atomic mass is 32.2. The van der Waals surface area contributed by atoms with Crippen LogP contribution in [0.15, 0.2) is 34.7 Å². The molecule has 0 N–H and O–H groups in total. The zero-order valence-corrected chi connectivity index (χ0v) is 14.0. The van der Waals surface area contributed by atoms with Crippen molar-refractivity contribution >= 4 is 21.4 Å². The number of furan rings is 1. The molecule has 0 saturated heterocycles. The number of hydrogen-bond donors (Lipinski definition) is 0. The van der Waals surface area contributed by atoms with Gasteiger partial charge in [0.05, 0.1) is 12.2 Å². The van der Waals surface area contributed by atoms with E-state index in [-0.39, 0.29) is 35.7 Å². The smallest absolute Gasteiger partial charge is 0.294 e. The van der Waals surface area contributed by atoms with Crippen LogP contribution in [0, 0.1) is 5.82 Å². The lowest BCUT2D eigenvalue weighted by Crippen LogP contribution is -2.42. The molecule has 6 nitrogen and oxygen atoms in total. The quantitative estimate of drug-likeness (QED) is 0.847. The Labute approximate surface area is 138 Å². The predicted octanol–water partition coefficient (Wildman–Crippen LogP) is 2.39. The Morgan fingerprint density at radius 3 is 2.79 bits per heavy atom. The molecule has 128 valence electrons. The van der Waals surface area contributed by atoms with E-state index >= 15 is 0 Å². The SMILES string of the molecule is CC1CN(C(=O)c2ccc(CS(C)(=O)=O)o2)c2cccc(F)c2O1. The van der Waals surface area contributed by atoms with Gasteiger partial charge < -0.3 is 9.15 Å². The van der Waals surface area contributed by atoms with E-state index in [0.29, 0.717) is 5.69 Å². The first-order valence-corrected chi connectivity index (χ1v) is 9.34. The van der Waals surface area contributed by atoms with Gasteiger partial charge in [-0.2, -0.15) is 0 Å². The first kappa shape index (κ1) is 16.5. The second-order valence-corrected chi connectivity index (χ2v) is 7.91. The largest absolute Gasteiger partial charge is 0.484 e. The maximum absolute atomic E-state index is 13.9. The molecule has 1 aromatic carbocycles. The van der Waals surface area contributed by atoms with Crippen molar-refractivity contribution in [1.29, 1.82) is 0 Å². The third-order valence-corrected chi connectivity index (χ3v) is 4.33. The normalized spacial score (nSPS) is 17.3. The highest BCUT2D eigenvalue weighted by molar-refractivity contribution is 7.89. The van der Waals surface area contributed by atoms with Crippen molar-refractivity contribution < 1.29 is 26.8 Å². The number of ether oxygens (including phenoxy) is 1. The van der Waals surface area contributed by atoms with Gasteiger partial charge in [-0.3, -0.25) is 9.69 Å². The van der Waals surface area contributed by atoms with Crippen LogP contribution < -0.4 is 9.64 Å². The summed E-state index contributed by atoms with van der Waals surface area (Å²) in [6.07, 6.45) is 0.698. The first-order valence-electron chi connectivity index (χ1n) is 7.28. The Morgan fingerprint density at radius 1 is 1.33 bits per heavy atom. The van der Waals surface area contributed by atoms with Crippen LogP contribution in [0.1, 0.15) is 23.2 Å². The van der Waals surface area contributed by atoms with Crippen LogP contribution in [-0.4, -0.2) is 33.2 Å². The molecule has 8 heteroatoms. The van der Waals surface area contributed by atoms with E-state index in [4.69, 9.17) is 9.15 Å². The Kier molecular flexibility index (Phi) is 4.08. The molecule has 0 saturated carbocycles. The summed E-state index contributed by atoms with van der Waals surface area (Å²) in [5.74, 6) is -1.11. The minimum absolute atomic E-state index is 0.00189. The van der Waals surface area contributed by atoms with Crippen molar-refractivity contribution in [3.8, 4) is 5.75 Å². The monoisotopic (exact) mass is 353 g/mol. The van der Waals surface area contributed by atoms with E-state index in [2.05, 4.69) is 0 Å². The third kappa shape index (κ3) is 3.28. The molecule has 1 aliphatic heterocycles. The lowest BCUT2D eigenvalue weighted by Gasteiger charge is -2.33. The van der Waals surface area contributed by atoms with Crippen LogP contribution in [0.5, 0.6) is 5.75 Å². The van der Waals surface area contributed by atoms with E-state index in [1.54, 1.807) is 13.0 Å². The summed E-state index contributed by atoms with van der Waals surface area (Å²) < 4.78 is 47.4. The van der Waals surface area contributed by atoms with Crippen LogP contribution >= 0.6 is 0 Å². The van der Waals surface area contributed by atoms with Crippen LogP contribution in [0.3, 0.4) is 0 Å². The van der Waals surface area contributed by atoms with Crippen LogP contribution in [-0.2, 0) is 15.6 Å². The number of anilines is 1. The maximum atomic E-state index is 13.9. The van der Waals surface area contributed by atoms with Crippen LogP contribution in [0.2, 0.25) is 0 Å².